The number of nitrogens with one attached hydrogen (secondary N) is 1. The molecule has 0 saturated carbocycles. The van der Waals surface area contributed by atoms with E-state index < -0.39 is 0 Å². The first-order valence-corrected chi connectivity index (χ1v) is 10.6. The summed E-state index contributed by atoms with van der Waals surface area (Å²) in [6.07, 6.45) is 1.44. The molecule has 4 rings (SSSR count). The molecule has 0 fully saturated rings. The van der Waals surface area contributed by atoms with E-state index in [9.17, 15) is 9.18 Å². The molecule has 31 heavy (non-hydrogen) atoms. The Bertz CT molecular complexity index is 1230. The molecule has 0 aliphatic rings. The number of aryl methyl sites for hydroxylation is 3. The summed E-state index contributed by atoms with van der Waals surface area (Å²) in [5.74, 6) is 0.620. The van der Waals surface area contributed by atoms with E-state index in [-0.39, 0.29) is 11.7 Å². The third kappa shape index (κ3) is 4.66. The van der Waals surface area contributed by atoms with Crippen molar-refractivity contribution in [2.75, 3.05) is 6.54 Å². The number of carbonyl (C=O) groups is 1. The van der Waals surface area contributed by atoms with Crippen LogP contribution in [0.5, 0.6) is 0 Å². The van der Waals surface area contributed by atoms with Gasteiger partial charge in [0, 0.05) is 24.1 Å². The summed E-state index contributed by atoms with van der Waals surface area (Å²) in [6, 6.07) is 20.6. The zero-order valence-corrected chi connectivity index (χ0v) is 17.9. The highest BCUT2D eigenvalue weighted by atomic mass is 19.1. The zero-order chi connectivity index (χ0) is 21.8. The summed E-state index contributed by atoms with van der Waals surface area (Å²) in [7, 11) is 0. The number of hydrogen-bond acceptors (Lipinski definition) is 2. The standard InChI is InChI=1S/C26H26FN3O/c1-18-13-14-21(19(2)16-18)26(31)28-15-7-12-25-29-23-10-5-6-11-24(23)30(25)17-20-8-3-4-9-22(20)27/h3-6,8-11,13-14,16H,7,12,15,17H2,1-2H3,(H,28,31). The molecule has 158 valence electrons. The van der Waals surface area contributed by atoms with Gasteiger partial charge in [0.2, 0.25) is 0 Å². The number of imidazole rings is 1. The monoisotopic (exact) mass is 415 g/mol. The number of amides is 1. The van der Waals surface area contributed by atoms with Gasteiger partial charge in [-0.15, -0.1) is 0 Å². The molecule has 0 atom stereocenters. The molecule has 1 heterocycles. The van der Waals surface area contributed by atoms with Crippen LogP contribution in [0.3, 0.4) is 0 Å². The number of carbonyl (C=O) groups excluding carboxylic acids is 1. The predicted octanol–water partition coefficient (Wildman–Crippen LogP) is 5.20. The maximum absolute atomic E-state index is 14.2. The third-order valence-corrected chi connectivity index (χ3v) is 5.51. The highest BCUT2D eigenvalue weighted by Gasteiger charge is 2.13. The van der Waals surface area contributed by atoms with Crippen LogP contribution in [0.1, 0.15) is 39.3 Å². The zero-order valence-electron chi connectivity index (χ0n) is 17.9. The minimum Gasteiger partial charge on any atom is -0.352 e. The van der Waals surface area contributed by atoms with Crippen LogP contribution in [0.15, 0.2) is 66.7 Å². The van der Waals surface area contributed by atoms with Gasteiger partial charge in [0.05, 0.1) is 17.6 Å². The van der Waals surface area contributed by atoms with Crippen LogP contribution in [-0.4, -0.2) is 22.0 Å². The summed E-state index contributed by atoms with van der Waals surface area (Å²) in [5.41, 5.74) is 5.34. The average Bonchev–Trinajstić information content (AvgIpc) is 3.10. The Morgan fingerprint density at radius 3 is 2.61 bits per heavy atom. The van der Waals surface area contributed by atoms with E-state index in [1.807, 2.05) is 62.4 Å². The normalized spacial score (nSPS) is 11.1. The first-order chi connectivity index (χ1) is 15.0. The van der Waals surface area contributed by atoms with Gasteiger partial charge in [-0.25, -0.2) is 9.37 Å². The van der Waals surface area contributed by atoms with Crippen LogP contribution >= 0.6 is 0 Å². The summed E-state index contributed by atoms with van der Waals surface area (Å²) in [5, 5.41) is 3.01. The number of nitrogens with zero attached hydrogens (tertiary/aromatic N) is 2. The average molecular weight is 416 g/mol. The number of halogens is 1. The summed E-state index contributed by atoms with van der Waals surface area (Å²) in [6.45, 7) is 4.95. The van der Waals surface area contributed by atoms with Crippen molar-refractivity contribution < 1.29 is 9.18 Å². The Morgan fingerprint density at radius 1 is 1.03 bits per heavy atom. The molecule has 3 aromatic carbocycles. The summed E-state index contributed by atoms with van der Waals surface area (Å²) >= 11 is 0. The van der Waals surface area contributed by atoms with Crippen LogP contribution in [-0.2, 0) is 13.0 Å². The molecule has 0 unspecified atom stereocenters. The molecule has 4 aromatic rings. The Kier molecular flexibility index (Phi) is 6.12. The second-order valence-corrected chi connectivity index (χ2v) is 7.87. The van der Waals surface area contributed by atoms with E-state index in [2.05, 4.69) is 9.88 Å². The van der Waals surface area contributed by atoms with Gasteiger partial charge in [-0.2, -0.15) is 0 Å². The van der Waals surface area contributed by atoms with Gasteiger partial charge in [-0.3, -0.25) is 4.79 Å². The second-order valence-electron chi connectivity index (χ2n) is 7.87. The van der Waals surface area contributed by atoms with Crippen molar-refractivity contribution in [3.63, 3.8) is 0 Å². The quantitative estimate of drug-likeness (QED) is 0.422. The maximum Gasteiger partial charge on any atom is 0.251 e. The fourth-order valence-corrected chi connectivity index (χ4v) is 3.90. The molecule has 1 aromatic heterocycles. The van der Waals surface area contributed by atoms with Crippen LogP contribution in [0.4, 0.5) is 4.39 Å². The molecule has 0 radical (unpaired) electrons. The molecular formula is C26H26FN3O. The smallest absolute Gasteiger partial charge is 0.251 e. The largest absolute Gasteiger partial charge is 0.352 e. The molecule has 0 bridgehead atoms. The van der Waals surface area contributed by atoms with Crippen LogP contribution < -0.4 is 5.32 Å². The summed E-state index contributed by atoms with van der Waals surface area (Å²) in [4.78, 5) is 17.3. The first kappa shape index (κ1) is 20.8. The molecule has 1 N–H and O–H groups in total. The minimum atomic E-state index is -0.216. The number of para-hydroxylation sites is 2. The number of rotatable bonds is 7. The fourth-order valence-electron chi connectivity index (χ4n) is 3.90. The second kappa shape index (κ2) is 9.13. The fraction of sp³-hybridized carbons (Fsp3) is 0.231. The van der Waals surface area contributed by atoms with Crippen LogP contribution in [0.25, 0.3) is 11.0 Å². The molecule has 0 aliphatic carbocycles. The van der Waals surface area contributed by atoms with E-state index in [4.69, 9.17) is 4.98 Å². The molecule has 0 aliphatic heterocycles. The van der Waals surface area contributed by atoms with Crippen molar-refractivity contribution in [2.45, 2.75) is 33.2 Å². The van der Waals surface area contributed by atoms with E-state index in [0.29, 0.717) is 30.6 Å². The first-order valence-electron chi connectivity index (χ1n) is 10.6. The highest BCUT2D eigenvalue weighted by Crippen LogP contribution is 2.20. The Hall–Kier alpha value is -3.47. The van der Waals surface area contributed by atoms with Crippen molar-refractivity contribution in [2.24, 2.45) is 0 Å². The molecular weight excluding hydrogens is 389 g/mol. The van der Waals surface area contributed by atoms with Crippen LogP contribution in [0.2, 0.25) is 0 Å². The topological polar surface area (TPSA) is 46.9 Å². The van der Waals surface area contributed by atoms with E-state index in [1.54, 1.807) is 12.1 Å². The molecule has 0 spiro atoms. The molecule has 0 saturated heterocycles. The lowest BCUT2D eigenvalue weighted by Gasteiger charge is -2.11. The maximum atomic E-state index is 14.2. The van der Waals surface area contributed by atoms with Crippen molar-refractivity contribution in [3.8, 4) is 0 Å². The highest BCUT2D eigenvalue weighted by molar-refractivity contribution is 5.95. The lowest BCUT2D eigenvalue weighted by atomic mass is 10.1. The number of benzene rings is 3. The van der Waals surface area contributed by atoms with Crippen molar-refractivity contribution >= 4 is 16.9 Å². The van der Waals surface area contributed by atoms with Gasteiger partial charge in [0.1, 0.15) is 11.6 Å². The SMILES string of the molecule is Cc1ccc(C(=O)NCCCc2nc3ccccc3n2Cc2ccccc2F)c(C)c1. The molecule has 1 amide bonds. The van der Waals surface area contributed by atoms with Crippen LogP contribution in [0, 0.1) is 19.7 Å². The van der Waals surface area contributed by atoms with Gasteiger partial charge >= 0.3 is 0 Å². The summed E-state index contributed by atoms with van der Waals surface area (Å²) < 4.78 is 16.3. The Morgan fingerprint density at radius 2 is 1.81 bits per heavy atom. The van der Waals surface area contributed by atoms with Gasteiger partial charge in [0.15, 0.2) is 0 Å². The number of hydrogen-bond donors (Lipinski definition) is 1. The van der Waals surface area contributed by atoms with Gasteiger partial charge < -0.3 is 9.88 Å². The van der Waals surface area contributed by atoms with E-state index >= 15 is 0 Å². The number of aromatic nitrogens is 2. The van der Waals surface area contributed by atoms with E-state index in [1.165, 1.54) is 6.07 Å². The lowest BCUT2D eigenvalue weighted by Crippen LogP contribution is -2.25. The molecule has 5 heteroatoms. The molecule has 4 nitrogen and oxygen atoms in total. The van der Waals surface area contributed by atoms with Crippen molar-refractivity contribution in [1.29, 1.82) is 0 Å². The van der Waals surface area contributed by atoms with Gasteiger partial charge in [-0.1, -0.05) is 48.0 Å². The Labute approximate surface area is 181 Å². The van der Waals surface area contributed by atoms with Gasteiger partial charge in [-0.05, 0) is 50.1 Å². The Balaban J connectivity index is 1.46. The third-order valence-electron chi connectivity index (χ3n) is 5.51. The van der Waals surface area contributed by atoms with Gasteiger partial charge in [0.25, 0.3) is 5.91 Å². The van der Waals surface area contributed by atoms with Crippen molar-refractivity contribution in [3.05, 3.63) is 101 Å². The lowest BCUT2D eigenvalue weighted by molar-refractivity contribution is 0.0952. The minimum absolute atomic E-state index is 0.0580. The van der Waals surface area contributed by atoms with E-state index in [0.717, 1.165) is 34.4 Å². The number of fused-ring (bicyclic) bond motifs is 1. The van der Waals surface area contributed by atoms with Crippen molar-refractivity contribution in [1.82, 2.24) is 14.9 Å². The predicted molar refractivity (Wildman–Crippen MR) is 122 cm³/mol.